The topological polar surface area (TPSA) is 29.5 Å². The summed E-state index contributed by atoms with van der Waals surface area (Å²) in [6.07, 6.45) is 0. The number of hydrogen-bond acceptors (Lipinski definition) is 3. The average Bonchev–Trinajstić information content (AvgIpc) is 1.52. The fourth-order valence-corrected chi connectivity index (χ4v) is 28.0. The minimum absolute atomic E-state index is 0.256. The SMILES string of the molecule is CC1(C)c2ccccc2-c2c1c1c(c3c2oc2ccccc23)-c2ccc(N(c3ccccc3)c3ccc4c(c3)[Si](c3ccccc3)(c3ccccc3)c3cc5c(cc3-4)[Si](c3ccccc3)(c3ccccc3)c3ccc4oc6ccccc6c4c3-5)cc2C1(C)C. The van der Waals surface area contributed by atoms with Gasteiger partial charge < -0.3 is 13.7 Å². The molecule has 4 heterocycles. The Labute approximate surface area is 519 Å². The summed E-state index contributed by atoms with van der Waals surface area (Å²) in [6, 6.07) is 108. The van der Waals surface area contributed by atoms with E-state index >= 15 is 0 Å². The summed E-state index contributed by atoms with van der Waals surface area (Å²) in [7, 11) is -6.23. The highest BCUT2D eigenvalue weighted by Crippen LogP contribution is 2.63. The minimum Gasteiger partial charge on any atom is -0.456 e. The number of benzene rings is 13. The molecule has 19 rings (SSSR count). The van der Waals surface area contributed by atoms with Gasteiger partial charge in [0, 0.05) is 55.0 Å². The van der Waals surface area contributed by atoms with E-state index in [0.717, 1.165) is 50.2 Å². The Balaban J connectivity index is 0.879. The van der Waals surface area contributed by atoms with Crippen molar-refractivity contribution < 1.29 is 8.83 Å². The summed E-state index contributed by atoms with van der Waals surface area (Å²) in [6.45, 7) is 9.78. The maximum Gasteiger partial charge on any atom is 0.180 e. The molecule has 0 radical (unpaired) electrons. The first-order valence-corrected chi connectivity index (χ1v) is 35.3. The van der Waals surface area contributed by atoms with Crippen LogP contribution in [0.2, 0.25) is 0 Å². The van der Waals surface area contributed by atoms with Crippen LogP contribution in [0.4, 0.5) is 17.1 Å². The number of rotatable bonds is 7. The van der Waals surface area contributed by atoms with Crippen LogP contribution in [0.5, 0.6) is 0 Å². The molecule has 89 heavy (non-hydrogen) atoms. The average molecular weight is 1170 g/mol. The Hall–Kier alpha value is -10.3. The molecular weight excluding hydrogens is 1110 g/mol. The summed E-state index contributed by atoms with van der Waals surface area (Å²) >= 11 is 0. The van der Waals surface area contributed by atoms with Crippen molar-refractivity contribution in [1.29, 1.82) is 0 Å². The van der Waals surface area contributed by atoms with Gasteiger partial charge in [-0.1, -0.05) is 258 Å². The fourth-order valence-electron chi connectivity index (χ4n) is 17.6. The first-order valence-electron chi connectivity index (χ1n) is 31.3. The molecule has 0 N–H and O–H groups in total. The number of nitrogens with zero attached hydrogens (tertiary/aromatic N) is 1. The molecule has 15 aromatic rings. The smallest absolute Gasteiger partial charge is 0.180 e. The zero-order valence-corrected chi connectivity index (χ0v) is 51.9. The second-order valence-corrected chi connectivity index (χ2v) is 33.6. The molecule has 0 spiro atoms. The molecule has 0 saturated heterocycles. The third-order valence-electron chi connectivity index (χ3n) is 21.1. The summed E-state index contributed by atoms with van der Waals surface area (Å²) < 4.78 is 13.9. The van der Waals surface area contributed by atoms with Gasteiger partial charge in [-0.05, 0) is 157 Å². The molecule has 3 nitrogen and oxygen atoms in total. The second kappa shape index (κ2) is 18.1. The molecule has 0 atom stereocenters. The van der Waals surface area contributed by atoms with Gasteiger partial charge in [0.25, 0.3) is 0 Å². The maximum atomic E-state index is 7.08. The quantitative estimate of drug-likeness (QED) is 0.149. The fraction of sp³-hybridized carbons (Fsp3) is 0.0714. The van der Waals surface area contributed by atoms with E-state index in [1.54, 1.807) is 0 Å². The highest BCUT2D eigenvalue weighted by Gasteiger charge is 2.55. The highest BCUT2D eigenvalue weighted by atomic mass is 28.3. The van der Waals surface area contributed by atoms with Crippen molar-refractivity contribution in [2.75, 3.05) is 4.90 Å². The lowest BCUT2D eigenvalue weighted by Crippen LogP contribution is -2.74. The van der Waals surface area contributed by atoms with Crippen LogP contribution in [0, 0.1) is 0 Å². The third kappa shape index (κ3) is 6.50. The van der Waals surface area contributed by atoms with Crippen molar-refractivity contribution in [3.63, 3.8) is 0 Å². The standard InChI is InChI=1S/C84H59NO2Si2/c1-83(2)66-39-23-20-36-60(66)79-81(83)80-77(78-63-38-22-25-41-69(63)87-82(78)79)61-45-43-53(48-67(61)84(80,3)4)85(52-26-10-5-11-27-52)54-42-44-59-64-50-74-65(51-73(64)89(72(59)49-54,57-32-16-8-17-33-57)58-34-18-9-19-35-58)76-71(47-46-70-75(76)62-37-21-24-40-68(62)86-70)88(74,55-28-12-6-13-29-55)56-30-14-7-15-31-56/h5-51H,1-4H3. The lowest BCUT2D eigenvalue weighted by atomic mass is 9.72. The van der Waals surface area contributed by atoms with E-state index in [1.165, 1.54) is 119 Å². The largest absolute Gasteiger partial charge is 0.456 e. The van der Waals surface area contributed by atoms with Crippen molar-refractivity contribution in [2.45, 2.75) is 38.5 Å². The summed E-state index contributed by atoms with van der Waals surface area (Å²) in [4.78, 5) is 2.53. The first kappa shape index (κ1) is 50.8. The molecule has 0 amide bonds. The van der Waals surface area contributed by atoms with Gasteiger partial charge in [-0.2, -0.15) is 0 Å². The number of hydrogen-bond donors (Lipinski definition) is 0. The van der Waals surface area contributed by atoms with Gasteiger partial charge in [-0.25, -0.2) is 0 Å². The Morgan fingerprint density at radius 2 is 0.753 bits per heavy atom. The van der Waals surface area contributed by atoms with E-state index < -0.39 is 16.1 Å². The summed E-state index contributed by atoms with van der Waals surface area (Å²) in [5.74, 6) is 0. The van der Waals surface area contributed by atoms with Crippen molar-refractivity contribution in [2.24, 2.45) is 0 Å². The van der Waals surface area contributed by atoms with Crippen LogP contribution in [0.15, 0.2) is 294 Å². The van der Waals surface area contributed by atoms with Gasteiger partial charge in [0.1, 0.15) is 22.3 Å². The van der Waals surface area contributed by atoms with Crippen LogP contribution >= 0.6 is 0 Å². The van der Waals surface area contributed by atoms with Crippen molar-refractivity contribution in [3.05, 3.63) is 307 Å². The first-order chi connectivity index (χ1) is 43.7. The normalized spacial score (nSPS) is 15.3. The maximum absolute atomic E-state index is 7.08. The Kier molecular flexibility index (Phi) is 10.4. The molecule has 4 aliphatic rings. The third-order valence-corrected chi connectivity index (χ3v) is 30.8. The van der Waals surface area contributed by atoms with Gasteiger partial charge in [0.15, 0.2) is 16.1 Å². The predicted octanol–water partition coefficient (Wildman–Crippen LogP) is 16.3. The van der Waals surface area contributed by atoms with E-state index in [2.05, 4.69) is 318 Å². The molecule has 5 heteroatoms. The lowest BCUT2D eigenvalue weighted by molar-refractivity contribution is 0.600. The molecule has 2 aliphatic heterocycles. The van der Waals surface area contributed by atoms with E-state index in [9.17, 15) is 0 Å². The van der Waals surface area contributed by atoms with E-state index in [0.29, 0.717) is 0 Å². The molecule has 2 aromatic heterocycles. The molecule has 13 aromatic carbocycles. The Morgan fingerprint density at radius 3 is 1.39 bits per heavy atom. The zero-order valence-electron chi connectivity index (χ0n) is 49.9. The van der Waals surface area contributed by atoms with Crippen LogP contribution in [0.1, 0.15) is 49.9 Å². The van der Waals surface area contributed by atoms with E-state index in [4.69, 9.17) is 8.83 Å². The summed E-state index contributed by atoms with van der Waals surface area (Å²) in [5.41, 5.74) is 22.3. The second-order valence-electron chi connectivity index (χ2n) is 26.1. The number of fused-ring (bicyclic) bond motifs is 22. The number of anilines is 3. The molecule has 420 valence electrons. The number of furan rings is 2. The molecule has 0 fully saturated rings. The van der Waals surface area contributed by atoms with Crippen molar-refractivity contribution in [3.8, 4) is 44.5 Å². The monoisotopic (exact) mass is 1170 g/mol. The van der Waals surface area contributed by atoms with Gasteiger partial charge in [0.2, 0.25) is 0 Å². The van der Waals surface area contributed by atoms with Gasteiger partial charge in [-0.3, -0.25) is 0 Å². The Morgan fingerprint density at radius 1 is 0.292 bits per heavy atom. The van der Waals surface area contributed by atoms with Gasteiger partial charge in [-0.15, -0.1) is 0 Å². The highest BCUT2D eigenvalue weighted by molar-refractivity contribution is 7.24. The van der Waals surface area contributed by atoms with Crippen molar-refractivity contribution in [1.82, 2.24) is 0 Å². The molecule has 2 aliphatic carbocycles. The van der Waals surface area contributed by atoms with Crippen LogP contribution < -0.4 is 46.4 Å². The van der Waals surface area contributed by atoms with Crippen LogP contribution in [0.3, 0.4) is 0 Å². The van der Waals surface area contributed by atoms with Crippen molar-refractivity contribution >= 4 is 119 Å². The lowest BCUT2D eigenvalue weighted by Gasteiger charge is -2.34. The number of para-hydroxylation sites is 3. The molecule has 0 saturated carbocycles. The van der Waals surface area contributed by atoms with Gasteiger partial charge in [0.05, 0.1) is 0 Å². The minimum atomic E-state index is -3.20. The van der Waals surface area contributed by atoms with E-state index in [1.807, 2.05) is 0 Å². The molecule has 0 bridgehead atoms. The summed E-state index contributed by atoms with van der Waals surface area (Å²) in [5, 5.41) is 15.9. The zero-order chi connectivity index (χ0) is 59.1. The van der Waals surface area contributed by atoms with Crippen LogP contribution in [-0.4, -0.2) is 16.1 Å². The molecule has 0 unspecified atom stereocenters. The van der Waals surface area contributed by atoms with E-state index in [-0.39, 0.29) is 10.8 Å². The predicted molar refractivity (Wildman–Crippen MR) is 376 cm³/mol. The van der Waals surface area contributed by atoms with Gasteiger partial charge >= 0.3 is 0 Å². The Bertz CT molecular complexity index is 5410. The van der Waals surface area contributed by atoms with Crippen LogP contribution in [-0.2, 0) is 10.8 Å². The van der Waals surface area contributed by atoms with Crippen LogP contribution in [0.25, 0.3) is 88.4 Å². The molecular formula is C84H59NO2Si2.